The van der Waals surface area contributed by atoms with Gasteiger partial charge in [0, 0.05) is 75.4 Å². The number of hydrogen-bond acceptors (Lipinski definition) is 11. The number of imide groups is 1. The van der Waals surface area contributed by atoms with Gasteiger partial charge in [0.1, 0.15) is 17.4 Å². The summed E-state index contributed by atoms with van der Waals surface area (Å²) in [4.78, 5) is 51.4. The van der Waals surface area contributed by atoms with Crippen LogP contribution in [0.25, 0.3) is 0 Å². The van der Waals surface area contributed by atoms with Crippen LogP contribution in [0.15, 0.2) is 72.9 Å². The molecule has 3 aliphatic rings. The van der Waals surface area contributed by atoms with Gasteiger partial charge >= 0.3 is 6.18 Å². The van der Waals surface area contributed by atoms with Crippen molar-refractivity contribution in [2.24, 2.45) is 0 Å². The molecule has 1 aromatic heterocycles. The van der Waals surface area contributed by atoms with E-state index in [-0.39, 0.29) is 30.7 Å². The first kappa shape index (κ1) is 40.4. The lowest BCUT2D eigenvalue weighted by atomic mass is 10.0. The van der Waals surface area contributed by atoms with Crippen molar-refractivity contribution in [3.8, 4) is 0 Å². The molecule has 4 aromatic rings. The molecule has 7 rings (SSSR count). The second kappa shape index (κ2) is 16.2. The summed E-state index contributed by atoms with van der Waals surface area (Å²) in [7, 11) is -0.0338. The summed E-state index contributed by atoms with van der Waals surface area (Å²) >= 11 is 0. The molecule has 2 saturated heterocycles. The highest BCUT2D eigenvalue weighted by Gasteiger charge is 2.39. The fraction of sp³-hybridized carbons (Fsp3) is 0.375. The van der Waals surface area contributed by atoms with E-state index >= 15 is 0 Å². The van der Waals surface area contributed by atoms with Gasteiger partial charge in [-0.05, 0) is 85.5 Å². The number of fused-ring (bicyclic) bond motifs is 1. The van der Waals surface area contributed by atoms with Crippen molar-refractivity contribution in [1.82, 2.24) is 25.1 Å². The molecule has 1 atom stereocenters. The highest BCUT2D eigenvalue weighted by Crippen LogP contribution is 2.35. The van der Waals surface area contributed by atoms with Gasteiger partial charge in [0.15, 0.2) is 0 Å². The first-order valence-electron chi connectivity index (χ1n) is 18.8. The third-order valence-electron chi connectivity index (χ3n) is 10.9. The van der Waals surface area contributed by atoms with Crippen LogP contribution < -0.4 is 25.2 Å². The Labute approximate surface area is 334 Å². The first-order valence-corrected chi connectivity index (χ1v) is 20.7. The van der Waals surface area contributed by atoms with Crippen molar-refractivity contribution in [3.05, 3.63) is 101 Å². The Kier molecular flexibility index (Phi) is 11.3. The average Bonchev–Trinajstić information content (AvgIpc) is 3.51. The van der Waals surface area contributed by atoms with E-state index in [1.54, 1.807) is 29.2 Å². The van der Waals surface area contributed by atoms with Crippen molar-refractivity contribution >= 4 is 56.6 Å². The van der Waals surface area contributed by atoms with Crippen LogP contribution in [0.2, 0.25) is 0 Å². The number of amides is 3. The molecule has 0 aliphatic carbocycles. The predicted octanol–water partition coefficient (Wildman–Crippen LogP) is 5.11. The number of halogens is 3. The van der Waals surface area contributed by atoms with Crippen LogP contribution in [-0.2, 0) is 45.4 Å². The summed E-state index contributed by atoms with van der Waals surface area (Å²) in [5.74, 6) is -1.37. The number of benzene rings is 3. The lowest BCUT2D eigenvalue weighted by Crippen LogP contribution is -2.52. The fourth-order valence-corrected chi connectivity index (χ4v) is 8.11. The van der Waals surface area contributed by atoms with Gasteiger partial charge in [0.2, 0.25) is 27.8 Å². The summed E-state index contributed by atoms with van der Waals surface area (Å²) in [6, 6.07) is 19.5. The maximum atomic E-state index is 13.9. The van der Waals surface area contributed by atoms with E-state index in [9.17, 15) is 36.0 Å². The molecule has 3 aromatic carbocycles. The summed E-state index contributed by atoms with van der Waals surface area (Å²) in [5.41, 5.74) is 4.06. The number of nitrogens with zero attached hydrogens (tertiary/aromatic N) is 6. The summed E-state index contributed by atoms with van der Waals surface area (Å²) in [5, 5.41) is 8.09. The van der Waals surface area contributed by atoms with Gasteiger partial charge in [-0.25, -0.2) is 13.4 Å². The van der Waals surface area contributed by atoms with Gasteiger partial charge in [-0.3, -0.25) is 28.9 Å². The van der Waals surface area contributed by atoms with Crippen molar-refractivity contribution < 1.29 is 36.0 Å². The van der Waals surface area contributed by atoms with E-state index in [1.807, 2.05) is 42.5 Å². The molecule has 4 heterocycles. The summed E-state index contributed by atoms with van der Waals surface area (Å²) < 4.78 is 66.8. The maximum absolute atomic E-state index is 13.9. The zero-order valence-corrected chi connectivity index (χ0v) is 33.0. The second-order valence-corrected chi connectivity index (χ2v) is 16.9. The largest absolute Gasteiger partial charge is 0.421 e. The van der Waals surface area contributed by atoms with Gasteiger partial charge in [-0.2, -0.15) is 18.2 Å². The minimum atomic E-state index is -4.71. The number of sulfonamides is 1. The van der Waals surface area contributed by atoms with E-state index < -0.39 is 39.5 Å². The number of hydrogen-bond donors (Lipinski definition) is 3. The number of anilines is 5. The number of piperidine rings is 2. The van der Waals surface area contributed by atoms with Crippen LogP contribution in [-0.4, -0.2) is 91.4 Å². The van der Waals surface area contributed by atoms with Crippen LogP contribution in [0, 0.1) is 0 Å². The third kappa shape index (κ3) is 9.02. The van der Waals surface area contributed by atoms with E-state index in [0.29, 0.717) is 48.1 Å². The van der Waals surface area contributed by atoms with E-state index in [1.165, 1.54) is 7.05 Å². The Bertz CT molecular complexity index is 2320. The lowest BCUT2D eigenvalue weighted by Gasteiger charge is -2.38. The van der Waals surface area contributed by atoms with Crippen LogP contribution in [0.3, 0.4) is 0 Å². The lowest BCUT2D eigenvalue weighted by molar-refractivity contribution is -0.138. The van der Waals surface area contributed by atoms with Crippen LogP contribution in [0.1, 0.15) is 58.3 Å². The molecule has 18 heteroatoms. The van der Waals surface area contributed by atoms with Gasteiger partial charge < -0.3 is 20.4 Å². The molecule has 306 valence electrons. The number of alkyl halides is 3. The summed E-state index contributed by atoms with van der Waals surface area (Å²) in [6.07, 6.45) is -0.529. The van der Waals surface area contributed by atoms with Crippen molar-refractivity contribution in [2.45, 2.75) is 63.6 Å². The number of aromatic nitrogens is 2. The molecule has 0 saturated carbocycles. The number of rotatable bonds is 12. The molecule has 58 heavy (non-hydrogen) atoms. The zero-order valence-electron chi connectivity index (χ0n) is 32.2. The van der Waals surface area contributed by atoms with Crippen molar-refractivity contribution in [1.29, 1.82) is 0 Å². The minimum Gasteiger partial charge on any atom is -0.371 e. The Morgan fingerprint density at radius 1 is 0.948 bits per heavy atom. The molecule has 2 fully saturated rings. The molecule has 14 nitrogen and oxygen atoms in total. The molecule has 3 aliphatic heterocycles. The molecule has 3 amide bonds. The molecule has 0 radical (unpaired) electrons. The van der Waals surface area contributed by atoms with Gasteiger partial charge in [0.05, 0.1) is 11.9 Å². The highest BCUT2D eigenvalue weighted by atomic mass is 32.2. The van der Waals surface area contributed by atoms with Gasteiger partial charge in [-0.15, -0.1) is 0 Å². The molecule has 0 spiro atoms. The normalized spacial score (nSPS) is 17.7. The van der Waals surface area contributed by atoms with Crippen molar-refractivity contribution in [2.75, 3.05) is 53.3 Å². The van der Waals surface area contributed by atoms with E-state index in [4.69, 9.17) is 0 Å². The fourth-order valence-electron chi connectivity index (χ4n) is 7.62. The summed E-state index contributed by atoms with van der Waals surface area (Å²) in [6.45, 7) is 2.64. The number of carbonyl (C=O) groups is 3. The Morgan fingerprint density at radius 3 is 2.38 bits per heavy atom. The first-order chi connectivity index (χ1) is 27.5. The molecule has 0 bridgehead atoms. The second-order valence-electron chi connectivity index (χ2n) is 14.9. The predicted molar refractivity (Wildman–Crippen MR) is 213 cm³/mol. The topological polar surface area (TPSA) is 160 Å². The Hall–Kier alpha value is -5.75. The van der Waals surface area contributed by atoms with Crippen molar-refractivity contribution in [3.63, 3.8) is 0 Å². The monoisotopic (exact) mass is 819 g/mol. The van der Waals surface area contributed by atoms with Crippen LogP contribution in [0.5, 0.6) is 0 Å². The molecular formula is C40H44F3N9O5S. The maximum Gasteiger partial charge on any atom is 0.421 e. The standard InChI is InChI=1S/C40H44F3N9O5S/c1-49(23-26-7-12-32-27(19-26)24-52(38(32)55)34-13-14-35(53)47-37(34)54)29-15-17-51(18-16-29)30-10-8-28(9-11-30)46-39-45-22-33(40(41,42)43)36(48-39)44-21-25-5-4-6-31(20-25)50(2)58(3,56)57/h4-12,19-20,22,29,34H,13-18,21,23-24H2,1-3H3,(H,47,53,54)(H2,44,45,46,48). The highest BCUT2D eigenvalue weighted by molar-refractivity contribution is 7.92. The number of carbonyl (C=O) groups excluding carboxylic acids is 3. The van der Waals surface area contributed by atoms with Gasteiger partial charge in [0.25, 0.3) is 5.91 Å². The van der Waals surface area contributed by atoms with Gasteiger partial charge in [-0.1, -0.05) is 24.3 Å². The Morgan fingerprint density at radius 2 is 1.69 bits per heavy atom. The Balaban J connectivity index is 0.927. The third-order valence-corrected chi connectivity index (χ3v) is 12.1. The number of nitrogens with one attached hydrogen (secondary N) is 3. The van der Waals surface area contributed by atoms with E-state index in [2.05, 4.69) is 42.8 Å². The average molecular weight is 820 g/mol. The smallest absolute Gasteiger partial charge is 0.371 e. The minimum absolute atomic E-state index is 0.0285. The quantitative estimate of drug-likeness (QED) is 0.163. The van der Waals surface area contributed by atoms with E-state index in [0.717, 1.165) is 59.5 Å². The molecular weight excluding hydrogens is 776 g/mol. The molecule has 3 N–H and O–H groups in total. The van der Waals surface area contributed by atoms with Crippen LogP contribution >= 0.6 is 0 Å². The SMILES string of the molecule is CN(Cc1ccc2c(c1)CN(C1CCC(=O)NC1=O)C2=O)C1CCN(c2ccc(Nc3ncc(C(F)(F)F)c(NCc4cccc(N(C)S(C)(=O)=O)c4)n3)cc2)CC1. The van der Waals surface area contributed by atoms with Crippen LogP contribution in [0.4, 0.5) is 42.0 Å². The zero-order chi connectivity index (χ0) is 41.4. The molecule has 1 unspecified atom stereocenters.